The van der Waals surface area contributed by atoms with Crippen molar-refractivity contribution in [3.05, 3.63) is 102 Å². The average Bonchev–Trinajstić information content (AvgIpc) is 3.36. The van der Waals surface area contributed by atoms with Crippen LogP contribution in [0.15, 0.2) is 79.0 Å². The van der Waals surface area contributed by atoms with Crippen molar-refractivity contribution in [2.24, 2.45) is 7.05 Å². The Hall–Kier alpha value is -3.84. The normalized spacial score (nSPS) is 17.4. The Morgan fingerprint density at radius 2 is 1.57 bits per heavy atom. The summed E-state index contributed by atoms with van der Waals surface area (Å²) in [7, 11) is 3.75. The molecule has 0 saturated carbocycles. The van der Waals surface area contributed by atoms with Gasteiger partial charge in [0.1, 0.15) is 17.2 Å². The van der Waals surface area contributed by atoms with Gasteiger partial charge in [0.2, 0.25) is 0 Å². The summed E-state index contributed by atoms with van der Waals surface area (Å²) in [6.07, 6.45) is 1.83. The molecule has 2 aromatic carbocycles. The molecule has 1 aliphatic heterocycles. The topological polar surface area (TPSA) is 51.6 Å². The molecule has 1 N–H and O–H groups in total. The first-order valence-corrected chi connectivity index (χ1v) is 11.9. The molecule has 5 rings (SSSR count). The predicted molar refractivity (Wildman–Crippen MR) is 142 cm³/mol. The van der Waals surface area contributed by atoms with Crippen molar-refractivity contribution in [2.75, 3.05) is 12.0 Å². The van der Waals surface area contributed by atoms with Crippen LogP contribution in [0.2, 0.25) is 0 Å². The Balaban J connectivity index is 1.49. The maximum absolute atomic E-state index is 6.03. The molecule has 0 amide bonds. The predicted octanol–water partition coefficient (Wildman–Crippen LogP) is 6.01. The Bertz CT molecular complexity index is 1330. The van der Waals surface area contributed by atoms with Gasteiger partial charge in [0.25, 0.3) is 0 Å². The van der Waals surface area contributed by atoms with E-state index < -0.39 is 0 Å². The Morgan fingerprint density at radius 1 is 0.914 bits per heavy atom. The monoisotopic (exact) mass is 484 g/mol. The van der Waals surface area contributed by atoms with Gasteiger partial charge in [-0.05, 0) is 98.4 Å². The standard InChI is InChI=1S/C28H28N4O2S/c1-18-17-24(19(2)31(18)3)27-26(25-7-5-6-16-29-25)30-28(35)32(27)20-8-10-22(11-9-20)34-23-14-12-21(33-4)13-15-23/h5-17,26-27H,1-4H3,(H,30,35)/t26-,27-/m0/s1. The van der Waals surface area contributed by atoms with Gasteiger partial charge in [-0.25, -0.2) is 0 Å². The number of aromatic nitrogens is 2. The van der Waals surface area contributed by atoms with E-state index in [2.05, 4.69) is 46.7 Å². The fourth-order valence-corrected chi connectivity index (χ4v) is 4.93. The van der Waals surface area contributed by atoms with Crippen LogP contribution in [0.4, 0.5) is 5.69 Å². The minimum atomic E-state index is -0.0700. The third kappa shape index (κ3) is 4.35. The summed E-state index contributed by atoms with van der Waals surface area (Å²) < 4.78 is 13.5. The summed E-state index contributed by atoms with van der Waals surface area (Å²) >= 11 is 5.86. The molecular weight excluding hydrogens is 456 g/mol. The highest BCUT2D eigenvalue weighted by atomic mass is 32.1. The molecule has 178 valence electrons. The van der Waals surface area contributed by atoms with Crippen LogP contribution in [-0.4, -0.2) is 21.8 Å². The minimum absolute atomic E-state index is 0.0364. The maximum atomic E-state index is 6.03. The van der Waals surface area contributed by atoms with E-state index in [1.54, 1.807) is 7.11 Å². The maximum Gasteiger partial charge on any atom is 0.174 e. The van der Waals surface area contributed by atoms with E-state index in [9.17, 15) is 0 Å². The third-order valence-electron chi connectivity index (χ3n) is 6.64. The number of thiocarbonyl (C=S) groups is 1. The van der Waals surface area contributed by atoms with Crippen molar-refractivity contribution in [3.8, 4) is 17.2 Å². The lowest BCUT2D eigenvalue weighted by atomic mass is 9.96. The van der Waals surface area contributed by atoms with Crippen molar-refractivity contribution in [2.45, 2.75) is 25.9 Å². The van der Waals surface area contributed by atoms with Gasteiger partial charge in [-0.1, -0.05) is 6.07 Å². The summed E-state index contributed by atoms with van der Waals surface area (Å²) in [6, 6.07) is 23.7. The van der Waals surface area contributed by atoms with E-state index in [1.807, 2.05) is 72.9 Å². The number of anilines is 1. The van der Waals surface area contributed by atoms with Crippen LogP contribution in [-0.2, 0) is 7.05 Å². The van der Waals surface area contributed by atoms with Gasteiger partial charge in [-0.15, -0.1) is 0 Å². The number of benzene rings is 2. The number of rotatable bonds is 6. The first kappa shape index (κ1) is 22.9. The smallest absolute Gasteiger partial charge is 0.174 e. The van der Waals surface area contributed by atoms with E-state index in [0.717, 1.165) is 28.6 Å². The minimum Gasteiger partial charge on any atom is -0.497 e. The molecular formula is C28H28N4O2S. The molecule has 0 unspecified atom stereocenters. The van der Waals surface area contributed by atoms with Gasteiger partial charge in [0, 0.05) is 30.3 Å². The Kier molecular flexibility index (Phi) is 6.17. The lowest BCUT2D eigenvalue weighted by Crippen LogP contribution is -2.29. The van der Waals surface area contributed by atoms with Gasteiger partial charge >= 0.3 is 0 Å². The Labute approximate surface area is 211 Å². The number of nitrogens with one attached hydrogen (secondary N) is 1. The van der Waals surface area contributed by atoms with E-state index in [4.69, 9.17) is 21.7 Å². The Morgan fingerprint density at radius 3 is 2.14 bits per heavy atom. The van der Waals surface area contributed by atoms with Crippen LogP contribution in [0.25, 0.3) is 0 Å². The fraction of sp³-hybridized carbons (Fsp3) is 0.214. The number of nitrogens with zero attached hydrogens (tertiary/aromatic N) is 3. The molecule has 0 aliphatic carbocycles. The van der Waals surface area contributed by atoms with Crippen LogP contribution in [0.5, 0.6) is 17.2 Å². The lowest BCUT2D eigenvalue weighted by molar-refractivity contribution is 0.413. The van der Waals surface area contributed by atoms with Gasteiger partial charge in [-0.2, -0.15) is 0 Å². The van der Waals surface area contributed by atoms with Crippen molar-refractivity contribution in [1.82, 2.24) is 14.9 Å². The molecule has 0 spiro atoms. The molecule has 4 aromatic rings. The van der Waals surface area contributed by atoms with E-state index in [1.165, 1.54) is 17.0 Å². The number of methoxy groups -OCH3 is 1. The van der Waals surface area contributed by atoms with Gasteiger partial charge in [-0.3, -0.25) is 4.98 Å². The van der Waals surface area contributed by atoms with Crippen molar-refractivity contribution in [1.29, 1.82) is 0 Å². The highest BCUT2D eigenvalue weighted by Crippen LogP contribution is 2.43. The second kappa shape index (κ2) is 9.43. The molecule has 7 heteroatoms. The van der Waals surface area contributed by atoms with Crippen molar-refractivity contribution in [3.63, 3.8) is 0 Å². The zero-order chi connectivity index (χ0) is 24.5. The third-order valence-corrected chi connectivity index (χ3v) is 6.96. The molecule has 6 nitrogen and oxygen atoms in total. The van der Waals surface area contributed by atoms with Gasteiger partial charge < -0.3 is 24.3 Å². The highest BCUT2D eigenvalue weighted by Gasteiger charge is 2.42. The van der Waals surface area contributed by atoms with Crippen LogP contribution >= 0.6 is 12.2 Å². The molecule has 2 aromatic heterocycles. The molecule has 0 bridgehead atoms. The lowest BCUT2D eigenvalue weighted by Gasteiger charge is -2.28. The number of pyridine rings is 1. The second-order valence-corrected chi connectivity index (χ2v) is 9.04. The SMILES string of the molecule is COc1ccc(Oc2ccc(N3C(=S)N[C@@H](c4ccccn4)[C@@H]3c3cc(C)n(C)c3C)cc2)cc1. The van der Waals surface area contributed by atoms with Gasteiger partial charge in [0.05, 0.1) is 24.9 Å². The van der Waals surface area contributed by atoms with Crippen LogP contribution in [0.1, 0.15) is 34.7 Å². The fourth-order valence-electron chi connectivity index (χ4n) is 4.59. The number of ether oxygens (including phenoxy) is 2. The number of hydrogen-bond acceptors (Lipinski definition) is 4. The average molecular weight is 485 g/mol. The zero-order valence-corrected chi connectivity index (χ0v) is 21.0. The summed E-state index contributed by atoms with van der Waals surface area (Å²) in [6.45, 7) is 4.28. The molecule has 0 radical (unpaired) electrons. The quantitative estimate of drug-likeness (QED) is 0.338. The molecule has 1 aliphatic rings. The van der Waals surface area contributed by atoms with Crippen molar-refractivity contribution < 1.29 is 9.47 Å². The summed E-state index contributed by atoms with van der Waals surface area (Å²) in [5.74, 6) is 2.30. The van der Waals surface area contributed by atoms with Crippen LogP contribution in [0, 0.1) is 13.8 Å². The van der Waals surface area contributed by atoms with Crippen LogP contribution in [0.3, 0.4) is 0 Å². The first-order chi connectivity index (χ1) is 17.0. The molecule has 2 atom stereocenters. The van der Waals surface area contributed by atoms with E-state index >= 15 is 0 Å². The molecule has 35 heavy (non-hydrogen) atoms. The van der Waals surface area contributed by atoms with E-state index in [0.29, 0.717) is 5.11 Å². The van der Waals surface area contributed by atoms with Crippen molar-refractivity contribution >= 4 is 23.0 Å². The first-order valence-electron chi connectivity index (χ1n) is 11.5. The highest BCUT2D eigenvalue weighted by molar-refractivity contribution is 7.80. The molecule has 1 fully saturated rings. The zero-order valence-electron chi connectivity index (χ0n) is 20.2. The summed E-state index contributed by atoms with van der Waals surface area (Å²) in [5, 5.41) is 4.21. The number of hydrogen-bond donors (Lipinski definition) is 1. The largest absolute Gasteiger partial charge is 0.497 e. The second-order valence-electron chi connectivity index (χ2n) is 8.65. The summed E-state index contributed by atoms with van der Waals surface area (Å²) in [5.41, 5.74) is 5.60. The molecule has 3 heterocycles. The summed E-state index contributed by atoms with van der Waals surface area (Å²) in [4.78, 5) is 6.83. The number of aryl methyl sites for hydroxylation is 1. The van der Waals surface area contributed by atoms with Crippen LogP contribution < -0.4 is 19.7 Å². The van der Waals surface area contributed by atoms with E-state index in [-0.39, 0.29) is 12.1 Å². The molecule has 1 saturated heterocycles. The van der Waals surface area contributed by atoms with Gasteiger partial charge in [0.15, 0.2) is 5.11 Å².